The zero-order valence-electron chi connectivity index (χ0n) is 23.3. The molecule has 10 nitrogen and oxygen atoms in total. The Balaban J connectivity index is 1.29. The van der Waals surface area contributed by atoms with Gasteiger partial charge in [0.15, 0.2) is 28.3 Å². The van der Waals surface area contributed by atoms with Crippen molar-refractivity contribution in [2.45, 2.75) is 43.1 Å². The van der Waals surface area contributed by atoms with Crippen molar-refractivity contribution in [3.05, 3.63) is 76.3 Å². The maximum Gasteiger partial charge on any atom is 0.254 e. The Hall–Kier alpha value is -3.36. The topological polar surface area (TPSA) is 128 Å². The summed E-state index contributed by atoms with van der Waals surface area (Å²) in [6.45, 7) is 0.783. The number of nitrogens with one attached hydrogen (secondary N) is 1. The molecule has 0 radical (unpaired) electrons. The average molecular weight is 642 g/mol. The molecular formula is C30H31N3O7S3. The van der Waals surface area contributed by atoms with Gasteiger partial charge in [0.25, 0.3) is 5.91 Å². The summed E-state index contributed by atoms with van der Waals surface area (Å²) in [5.41, 5.74) is 4.75. The standard InChI is InChI=1S/C30H31N3O7S3/c34-27(32-40-28-3-1-2-14-38-28)17-30(11-12-33(13-16-43(30,36)37)29(35)23-10-15-41-19-23)26-9-8-25(42-26)22-6-4-21(5-7-22)24-18-31-20-39-24/h4-10,15,18-20,28H,1-3,11-14,16-17H2,(H,32,34)/t28?,30-/m0/s1. The van der Waals surface area contributed by atoms with Crippen LogP contribution in [0.3, 0.4) is 0 Å². The van der Waals surface area contributed by atoms with E-state index in [2.05, 4.69) is 10.5 Å². The Kier molecular flexibility index (Phi) is 8.78. The second kappa shape index (κ2) is 12.7. The second-order valence-electron chi connectivity index (χ2n) is 10.6. The number of hydroxylamine groups is 1. The van der Waals surface area contributed by atoms with E-state index in [1.165, 1.54) is 29.1 Å². The highest BCUT2D eigenvalue weighted by Crippen LogP contribution is 2.45. The summed E-state index contributed by atoms with van der Waals surface area (Å²) >= 11 is 2.75. The van der Waals surface area contributed by atoms with E-state index in [9.17, 15) is 18.0 Å². The number of ether oxygens (including phenoxy) is 1. The third-order valence-corrected chi connectivity index (χ3v) is 12.5. The zero-order valence-corrected chi connectivity index (χ0v) is 25.7. The van der Waals surface area contributed by atoms with Crippen LogP contribution in [-0.4, -0.2) is 61.9 Å². The molecule has 43 heavy (non-hydrogen) atoms. The molecule has 0 aliphatic carbocycles. The average Bonchev–Trinajstić information content (AvgIpc) is 3.82. The molecular weight excluding hydrogens is 611 g/mol. The molecule has 0 spiro atoms. The summed E-state index contributed by atoms with van der Waals surface area (Å²) in [5.74, 6) is -0.382. The molecule has 1 N–H and O–H groups in total. The van der Waals surface area contributed by atoms with Crippen molar-refractivity contribution in [3.63, 3.8) is 0 Å². The van der Waals surface area contributed by atoms with Gasteiger partial charge in [-0.25, -0.2) is 23.7 Å². The fourth-order valence-corrected chi connectivity index (χ4v) is 9.71. The molecule has 0 saturated carbocycles. The molecule has 2 atom stereocenters. The summed E-state index contributed by atoms with van der Waals surface area (Å²) in [7, 11) is -3.90. The van der Waals surface area contributed by atoms with E-state index in [1.54, 1.807) is 28.6 Å². The van der Waals surface area contributed by atoms with Crippen LogP contribution in [-0.2, 0) is 29.0 Å². The second-order valence-corrected chi connectivity index (χ2v) is 14.9. The normalized spacial score (nSPS) is 22.1. The number of carbonyl (C=O) groups excluding carboxylic acids is 2. The molecule has 6 rings (SSSR count). The number of hydrogen-bond acceptors (Lipinski definition) is 10. The summed E-state index contributed by atoms with van der Waals surface area (Å²) in [5, 5.41) is 3.57. The first kappa shape index (κ1) is 29.7. The summed E-state index contributed by atoms with van der Waals surface area (Å²) in [6, 6.07) is 13.1. The third-order valence-electron chi connectivity index (χ3n) is 7.90. The highest BCUT2D eigenvalue weighted by Gasteiger charge is 2.50. The molecule has 13 heteroatoms. The lowest BCUT2D eigenvalue weighted by molar-refractivity contribution is -0.200. The molecule has 1 unspecified atom stereocenters. The number of aromatic nitrogens is 1. The number of benzene rings is 1. The van der Waals surface area contributed by atoms with E-state index in [1.807, 2.05) is 35.7 Å². The Labute approximate surface area is 257 Å². The Morgan fingerprint density at radius 2 is 1.93 bits per heavy atom. The van der Waals surface area contributed by atoms with Crippen molar-refractivity contribution in [2.24, 2.45) is 0 Å². The molecule has 2 fully saturated rings. The van der Waals surface area contributed by atoms with Gasteiger partial charge in [0.2, 0.25) is 5.91 Å². The summed E-state index contributed by atoms with van der Waals surface area (Å²) in [4.78, 5) is 39.0. The Morgan fingerprint density at radius 3 is 2.65 bits per heavy atom. The number of nitrogens with zero attached hydrogens (tertiary/aromatic N) is 2. The van der Waals surface area contributed by atoms with Crippen molar-refractivity contribution >= 4 is 44.3 Å². The molecule has 1 aromatic carbocycles. The lowest BCUT2D eigenvalue weighted by Crippen LogP contribution is -2.43. The summed E-state index contributed by atoms with van der Waals surface area (Å²) in [6.07, 6.45) is 4.68. The van der Waals surface area contributed by atoms with Crippen LogP contribution in [0, 0.1) is 0 Å². The van der Waals surface area contributed by atoms with Crippen LogP contribution in [0.4, 0.5) is 0 Å². The van der Waals surface area contributed by atoms with Crippen molar-refractivity contribution in [2.75, 3.05) is 25.4 Å². The number of carbonyl (C=O) groups is 2. The van der Waals surface area contributed by atoms with Crippen LogP contribution in [0.5, 0.6) is 0 Å². The van der Waals surface area contributed by atoms with Crippen molar-refractivity contribution < 1.29 is 32.0 Å². The van der Waals surface area contributed by atoms with Gasteiger partial charge in [0.1, 0.15) is 4.75 Å². The van der Waals surface area contributed by atoms with E-state index >= 15 is 0 Å². The number of amides is 2. The quantitative estimate of drug-likeness (QED) is 0.259. The number of thiophene rings is 2. The van der Waals surface area contributed by atoms with Crippen LogP contribution in [0.25, 0.3) is 21.8 Å². The van der Waals surface area contributed by atoms with Crippen molar-refractivity contribution in [1.29, 1.82) is 0 Å². The molecule has 2 aliphatic rings. The van der Waals surface area contributed by atoms with Gasteiger partial charge in [-0.15, -0.1) is 11.3 Å². The van der Waals surface area contributed by atoms with Crippen LogP contribution in [0.2, 0.25) is 0 Å². The minimum Gasteiger partial charge on any atom is -0.444 e. The maximum atomic E-state index is 14.2. The first-order valence-corrected chi connectivity index (χ1v) is 17.5. The van der Waals surface area contributed by atoms with Crippen LogP contribution in [0.15, 0.2) is 70.2 Å². The first-order valence-electron chi connectivity index (χ1n) is 14.0. The van der Waals surface area contributed by atoms with Crippen LogP contribution in [0.1, 0.15) is 47.3 Å². The van der Waals surface area contributed by atoms with E-state index in [-0.39, 0.29) is 37.6 Å². The fourth-order valence-electron chi connectivity index (χ4n) is 5.47. The molecule has 0 bridgehead atoms. The number of hydrogen-bond donors (Lipinski definition) is 1. The highest BCUT2D eigenvalue weighted by molar-refractivity contribution is 7.92. The van der Waals surface area contributed by atoms with Crippen molar-refractivity contribution in [1.82, 2.24) is 15.4 Å². The van der Waals surface area contributed by atoms with Crippen molar-refractivity contribution in [3.8, 4) is 21.8 Å². The predicted octanol–water partition coefficient (Wildman–Crippen LogP) is 5.25. The van der Waals surface area contributed by atoms with E-state index < -0.39 is 26.8 Å². The van der Waals surface area contributed by atoms with Gasteiger partial charge >= 0.3 is 0 Å². The number of rotatable bonds is 8. The third kappa shape index (κ3) is 6.31. The van der Waals surface area contributed by atoms with E-state index in [0.29, 0.717) is 29.2 Å². The Morgan fingerprint density at radius 1 is 1.09 bits per heavy atom. The van der Waals surface area contributed by atoms with Gasteiger partial charge in [-0.2, -0.15) is 11.3 Å². The molecule has 4 aromatic rings. The van der Waals surface area contributed by atoms with Crippen LogP contribution >= 0.6 is 22.7 Å². The molecule has 5 heterocycles. The SMILES string of the molecule is O=C(C[C@]1(c2ccc(-c3ccc(-c4cnco4)cc3)s2)CCN(C(=O)c2ccsc2)CCS1(=O)=O)NOC1CCCCO1. The molecule has 226 valence electrons. The Bertz CT molecular complexity index is 1640. The maximum absolute atomic E-state index is 14.2. The molecule has 2 saturated heterocycles. The molecule has 3 aromatic heterocycles. The van der Waals surface area contributed by atoms with Crippen LogP contribution < -0.4 is 5.48 Å². The molecule has 2 amide bonds. The van der Waals surface area contributed by atoms with Gasteiger partial charge in [-0.05, 0) is 48.4 Å². The van der Waals surface area contributed by atoms with Gasteiger partial charge in [0, 0.05) is 46.8 Å². The van der Waals surface area contributed by atoms with Gasteiger partial charge in [-0.3, -0.25) is 9.59 Å². The highest BCUT2D eigenvalue weighted by atomic mass is 32.2. The monoisotopic (exact) mass is 641 g/mol. The van der Waals surface area contributed by atoms with E-state index in [0.717, 1.165) is 28.8 Å². The number of sulfone groups is 1. The predicted molar refractivity (Wildman–Crippen MR) is 163 cm³/mol. The smallest absolute Gasteiger partial charge is 0.254 e. The fraction of sp³-hybridized carbons (Fsp3) is 0.367. The minimum absolute atomic E-state index is 0.0497. The first-order chi connectivity index (χ1) is 20.8. The van der Waals surface area contributed by atoms with Gasteiger partial charge in [0.05, 0.1) is 23.9 Å². The summed E-state index contributed by atoms with van der Waals surface area (Å²) < 4.78 is 37.7. The minimum atomic E-state index is -3.90. The lowest BCUT2D eigenvalue weighted by Gasteiger charge is -2.31. The van der Waals surface area contributed by atoms with Gasteiger partial charge in [-0.1, -0.05) is 24.3 Å². The van der Waals surface area contributed by atoms with E-state index in [4.69, 9.17) is 14.0 Å². The number of oxazole rings is 1. The lowest BCUT2D eigenvalue weighted by atomic mass is 9.97. The molecule has 2 aliphatic heterocycles. The van der Waals surface area contributed by atoms with Gasteiger partial charge < -0.3 is 14.1 Å². The zero-order chi connectivity index (χ0) is 29.9. The largest absolute Gasteiger partial charge is 0.444 e.